The van der Waals surface area contributed by atoms with Crippen LogP contribution in [0.2, 0.25) is 0 Å². The lowest BCUT2D eigenvalue weighted by Crippen LogP contribution is -2.00. The molecule has 0 unspecified atom stereocenters. The van der Waals surface area contributed by atoms with E-state index in [2.05, 4.69) is 10.4 Å². The minimum atomic E-state index is 0.653. The number of fused-ring (bicyclic) bond motifs is 1. The minimum Gasteiger partial charge on any atom is -0.490 e. The lowest BCUT2D eigenvalue weighted by Gasteiger charge is -2.09. The second-order valence-corrected chi connectivity index (χ2v) is 3.39. The average molecular weight is 205 g/mol. The summed E-state index contributed by atoms with van der Waals surface area (Å²) >= 11 is 0. The van der Waals surface area contributed by atoms with Crippen molar-refractivity contribution in [3.63, 3.8) is 0 Å². The summed E-state index contributed by atoms with van der Waals surface area (Å²) in [5.74, 6) is 0.829. The highest BCUT2D eigenvalue weighted by molar-refractivity contribution is 5.65. The maximum Gasteiger partial charge on any atom is 0.160 e. The highest BCUT2D eigenvalue weighted by Crippen LogP contribution is 2.25. The number of aryl methyl sites for hydroxylation is 1. The molecule has 2 aromatic rings. The van der Waals surface area contributed by atoms with Gasteiger partial charge in [-0.15, -0.1) is 0 Å². The van der Waals surface area contributed by atoms with Gasteiger partial charge < -0.3 is 10.1 Å². The molecule has 4 heteroatoms. The lowest BCUT2D eigenvalue weighted by molar-refractivity contribution is 0.339. The Morgan fingerprint density at radius 2 is 2.27 bits per heavy atom. The van der Waals surface area contributed by atoms with Crippen molar-refractivity contribution in [3.8, 4) is 5.75 Å². The zero-order valence-corrected chi connectivity index (χ0v) is 9.24. The number of nitrogens with one attached hydrogen (secondary N) is 1. The number of ether oxygens (including phenoxy) is 1. The first-order valence-electron chi connectivity index (χ1n) is 5.05. The third-order valence-corrected chi connectivity index (χ3v) is 2.25. The Kier molecular flexibility index (Phi) is 2.49. The zero-order valence-electron chi connectivity index (χ0n) is 9.24. The van der Waals surface area contributed by atoms with Crippen LogP contribution in [0.25, 0.3) is 5.52 Å². The van der Waals surface area contributed by atoms with Gasteiger partial charge in [0.25, 0.3) is 0 Å². The predicted molar refractivity (Wildman–Crippen MR) is 60.6 cm³/mol. The quantitative estimate of drug-likeness (QED) is 0.833. The van der Waals surface area contributed by atoms with Gasteiger partial charge in [0.1, 0.15) is 0 Å². The summed E-state index contributed by atoms with van der Waals surface area (Å²) < 4.78 is 7.36. The summed E-state index contributed by atoms with van der Waals surface area (Å²) in [5.41, 5.74) is 3.07. The molecule has 15 heavy (non-hydrogen) atoms. The van der Waals surface area contributed by atoms with E-state index in [0.29, 0.717) is 6.61 Å². The smallest absolute Gasteiger partial charge is 0.160 e. The first kappa shape index (κ1) is 9.83. The van der Waals surface area contributed by atoms with Crippen LogP contribution in [-0.4, -0.2) is 23.3 Å². The summed E-state index contributed by atoms with van der Waals surface area (Å²) in [6, 6.07) is 4.07. The molecule has 0 spiro atoms. The second kappa shape index (κ2) is 3.81. The molecule has 0 aliphatic heterocycles. The maximum atomic E-state index is 5.52. The van der Waals surface area contributed by atoms with Gasteiger partial charge in [-0.1, -0.05) is 0 Å². The fraction of sp³-hybridized carbons (Fsp3) is 0.364. The van der Waals surface area contributed by atoms with Crippen molar-refractivity contribution in [2.45, 2.75) is 13.8 Å². The van der Waals surface area contributed by atoms with Crippen molar-refractivity contribution in [3.05, 3.63) is 24.0 Å². The SMILES string of the molecule is CCOc1cn2nc(C)cc2cc1NC. The molecular weight excluding hydrogens is 190 g/mol. The molecule has 0 radical (unpaired) electrons. The van der Waals surface area contributed by atoms with Gasteiger partial charge in [0, 0.05) is 7.05 Å². The van der Waals surface area contributed by atoms with E-state index in [0.717, 1.165) is 22.6 Å². The van der Waals surface area contributed by atoms with Gasteiger partial charge in [-0.25, -0.2) is 4.52 Å². The highest BCUT2D eigenvalue weighted by atomic mass is 16.5. The monoisotopic (exact) mass is 205 g/mol. The van der Waals surface area contributed by atoms with Gasteiger partial charge >= 0.3 is 0 Å². The molecule has 1 N–H and O–H groups in total. The van der Waals surface area contributed by atoms with E-state index in [1.807, 2.05) is 43.7 Å². The molecule has 0 bridgehead atoms. The number of anilines is 1. The van der Waals surface area contributed by atoms with E-state index in [4.69, 9.17) is 4.74 Å². The van der Waals surface area contributed by atoms with E-state index < -0.39 is 0 Å². The molecule has 0 aliphatic rings. The van der Waals surface area contributed by atoms with Gasteiger partial charge in [-0.3, -0.25) is 0 Å². The number of aromatic nitrogens is 2. The minimum absolute atomic E-state index is 0.653. The Bertz CT molecular complexity index is 476. The molecule has 0 saturated carbocycles. The Morgan fingerprint density at radius 1 is 1.47 bits per heavy atom. The van der Waals surface area contributed by atoms with Crippen LogP contribution in [0.4, 0.5) is 5.69 Å². The topological polar surface area (TPSA) is 38.6 Å². The maximum absolute atomic E-state index is 5.52. The van der Waals surface area contributed by atoms with Crippen molar-refractivity contribution >= 4 is 11.2 Å². The van der Waals surface area contributed by atoms with E-state index >= 15 is 0 Å². The van der Waals surface area contributed by atoms with Crippen molar-refractivity contribution in [1.29, 1.82) is 0 Å². The van der Waals surface area contributed by atoms with Gasteiger partial charge in [-0.2, -0.15) is 5.10 Å². The number of hydrogen-bond acceptors (Lipinski definition) is 3. The largest absolute Gasteiger partial charge is 0.490 e. The summed E-state index contributed by atoms with van der Waals surface area (Å²) in [5, 5.41) is 7.46. The van der Waals surface area contributed by atoms with Crippen molar-refractivity contribution in [2.75, 3.05) is 19.0 Å². The van der Waals surface area contributed by atoms with Crippen LogP contribution < -0.4 is 10.1 Å². The zero-order chi connectivity index (χ0) is 10.8. The first-order chi connectivity index (χ1) is 7.24. The van der Waals surface area contributed by atoms with Crippen LogP contribution in [0.5, 0.6) is 5.75 Å². The van der Waals surface area contributed by atoms with Crippen LogP contribution in [0.15, 0.2) is 18.3 Å². The molecule has 2 aromatic heterocycles. The fourth-order valence-electron chi connectivity index (χ4n) is 1.61. The Hall–Kier alpha value is -1.71. The summed E-state index contributed by atoms with van der Waals surface area (Å²) in [6.45, 7) is 4.60. The Balaban J connectivity index is 2.57. The second-order valence-electron chi connectivity index (χ2n) is 3.39. The lowest BCUT2D eigenvalue weighted by atomic mass is 10.3. The molecule has 80 valence electrons. The van der Waals surface area contributed by atoms with Crippen molar-refractivity contribution in [1.82, 2.24) is 9.61 Å². The van der Waals surface area contributed by atoms with E-state index in [1.54, 1.807) is 0 Å². The van der Waals surface area contributed by atoms with Crippen molar-refractivity contribution < 1.29 is 4.74 Å². The molecular formula is C11H15N3O. The molecule has 4 nitrogen and oxygen atoms in total. The number of pyridine rings is 1. The van der Waals surface area contributed by atoms with Gasteiger partial charge in [-0.05, 0) is 26.0 Å². The number of hydrogen-bond donors (Lipinski definition) is 1. The Morgan fingerprint density at radius 3 is 2.93 bits per heavy atom. The van der Waals surface area contributed by atoms with E-state index in [1.165, 1.54) is 0 Å². The third kappa shape index (κ3) is 1.75. The predicted octanol–water partition coefficient (Wildman–Crippen LogP) is 2.08. The van der Waals surface area contributed by atoms with Gasteiger partial charge in [0.2, 0.25) is 0 Å². The van der Waals surface area contributed by atoms with Gasteiger partial charge in [0.15, 0.2) is 5.75 Å². The van der Waals surface area contributed by atoms with Crippen LogP contribution in [-0.2, 0) is 0 Å². The summed E-state index contributed by atoms with van der Waals surface area (Å²) in [6.07, 6.45) is 1.90. The van der Waals surface area contributed by atoms with E-state index in [-0.39, 0.29) is 0 Å². The Labute approximate surface area is 88.9 Å². The fourth-order valence-corrected chi connectivity index (χ4v) is 1.61. The standard InChI is InChI=1S/C11H15N3O/c1-4-15-11-7-14-9(5-8(2)13-14)6-10(11)12-3/h5-7,12H,4H2,1-3H3. The number of nitrogens with zero attached hydrogens (tertiary/aromatic N) is 2. The average Bonchev–Trinajstić information content (AvgIpc) is 2.56. The molecule has 0 amide bonds. The molecule has 0 saturated heterocycles. The molecule has 0 aromatic carbocycles. The highest BCUT2D eigenvalue weighted by Gasteiger charge is 2.06. The molecule has 2 heterocycles. The van der Waals surface area contributed by atoms with Crippen LogP contribution >= 0.6 is 0 Å². The van der Waals surface area contributed by atoms with Crippen molar-refractivity contribution in [2.24, 2.45) is 0 Å². The van der Waals surface area contributed by atoms with E-state index in [9.17, 15) is 0 Å². The molecule has 0 atom stereocenters. The molecule has 0 fully saturated rings. The third-order valence-electron chi connectivity index (χ3n) is 2.25. The molecule has 2 rings (SSSR count). The van der Waals surface area contributed by atoms with Gasteiger partial charge in [0.05, 0.1) is 29.7 Å². The molecule has 0 aliphatic carbocycles. The normalized spacial score (nSPS) is 10.6. The van der Waals surface area contributed by atoms with Crippen LogP contribution in [0.1, 0.15) is 12.6 Å². The van der Waals surface area contributed by atoms with Crippen LogP contribution in [0.3, 0.4) is 0 Å². The number of rotatable bonds is 3. The first-order valence-corrected chi connectivity index (χ1v) is 5.05. The summed E-state index contributed by atoms with van der Waals surface area (Å²) in [7, 11) is 1.89. The summed E-state index contributed by atoms with van der Waals surface area (Å²) in [4.78, 5) is 0. The van der Waals surface area contributed by atoms with Crippen LogP contribution in [0, 0.1) is 6.92 Å².